The lowest BCUT2D eigenvalue weighted by molar-refractivity contribution is -0.117. The largest absolute Gasteiger partial charge is 0.343 e. The highest BCUT2D eigenvalue weighted by molar-refractivity contribution is 6.00. The van der Waals surface area contributed by atoms with Crippen molar-refractivity contribution in [2.75, 3.05) is 23.3 Å². The number of benzene rings is 2. The zero-order valence-electron chi connectivity index (χ0n) is 15.5. The van der Waals surface area contributed by atoms with Gasteiger partial charge in [0.15, 0.2) is 0 Å². The maximum Gasteiger partial charge on any atom is 0.251 e. The van der Waals surface area contributed by atoms with E-state index < -0.39 is 0 Å². The van der Waals surface area contributed by atoms with Crippen LogP contribution in [0.1, 0.15) is 34.3 Å². The molecule has 3 rings (SSSR count). The van der Waals surface area contributed by atoms with E-state index in [2.05, 4.69) is 10.6 Å². The number of carbonyl (C=O) groups excluding carboxylic acids is 3. The smallest absolute Gasteiger partial charge is 0.251 e. The number of nitrogens with one attached hydrogen (secondary N) is 2. The zero-order valence-corrected chi connectivity index (χ0v) is 15.5. The zero-order chi connectivity index (χ0) is 19.4. The van der Waals surface area contributed by atoms with E-state index in [0.29, 0.717) is 18.5 Å². The number of nitrogens with zero attached hydrogens (tertiary/aromatic N) is 1. The molecule has 0 spiro atoms. The molecule has 1 fully saturated rings. The number of aryl methyl sites for hydroxylation is 2. The van der Waals surface area contributed by atoms with E-state index >= 15 is 0 Å². The fourth-order valence-electron chi connectivity index (χ4n) is 3.12. The third-order valence-corrected chi connectivity index (χ3v) is 4.58. The summed E-state index contributed by atoms with van der Waals surface area (Å²) in [6.07, 6.45) is 1.43. The highest BCUT2D eigenvalue weighted by Gasteiger charge is 2.21. The van der Waals surface area contributed by atoms with Crippen molar-refractivity contribution in [1.82, 2.24) is 5.32 Å². The molecule has 3 amide bonds. The van der Waals surface area contributed by atoms with Crippen molar-refractivity contribution in [3.8, 4) is 0 Å². The molecule has 0 aromatic heterocycles. The summed E-state index contributed by atoms with van der Waals surface area (Å²) in [7, 11) is 0. The highest BCUT2D eigenvalue weighted by atomic mass is 16.2. The molecule has 1 aliphatic rings. The molecule has 0 aliphatic carbocycles. The molecule has 2 N–H and O–H groups in total. The second-order valence-corrected chi connectivity index (χ2v) is 6.75. The Kier molecular flexibility index (Phi) is 5.54. The summed E-state index contributed by atoms with van der Waals surface area (Å²) >= 11 is 0. The second-order valence-electron chi connectivity index (χ2n) is 6.75. The molecule has 1 saturated heterocycles. The summed E-state index contributed by atoms with van der Waals surface area (Å²) in [5.41, 5.74) is 4.07. The fourth-order valence-corrected chi connectivity index (χ4v) is 3.12. The van der Waals surface area contributed by atoms with Gasteiger partial charge in [-0.1, -0.05) is 17.7 Å². The minimum absolute atomic E-state index is 0.107. The van der Waals surface area contributed by atoms with Crippen LogP contribution in [0.5, 0.6) is 0 Å². The van der Waals surface area contributed by atoms with Gasteiger partial charge in [-0.3, -0.25) is 14.4 Å². The van der Waals surface area contributed by atoms with Gasteiger partial charge in [0, 0.05) is 29.9 Å². The Balaban J connectivity index is 1.54. The summed E-state index contributed by atoms with van der Waals surface area (Å²) in [5, 5.41) is 5.41. The van der Waals surface area contributed by atoms with Crippen molar-refractivity contribution in [1.29, 1.82) is 0 Å². The van der Waals surface area contributed by atoms with Gasteiger partial charge in [-0.05, 0) is 56.2 Å². The number of amides is 3. The van der Waals surface area contributed by atoms with Crippen LogP contribution in [-0.4, -0.2) is 30.8 Å². The van der Waals surface area contributed by atoms with E-state index in [0.717, 1.165) is 28.9 Å². The van der Waals surface area contributed by atoms with E-state index in [9.17, 15) is 14.4 Å². The molecule has 0 saturated carbocycles. The van der Waals surface area contributed by atoms with E-state index in [1.54, 1.807) is 29.2 Å². The molecule has 0 unspecified atom stereocenters. The number of carbonyl (C=O) groups is 3. The summed E-state index contributed by atoms with van der Waals surface area (Å²) in [6, 6.07) is 12.6. The minimum atomic E-state index is -0.329. The van der Waals surface area contributed by atoms with Crippen LogP contribution in [0.3, 0.4) is 0 Å². The molecule has 2 aromatic carbocycles. The van der Waals surface area contributed by atoms with Gasteiger partial charge in [-0.2, -0.15) is 0 Å². The van der Waals surface area contributed by atoms with E-state index in [4.69, 9.17) is 0 Å². The molecule has 6 nitrogen and oxygen atoms in total. The fraction of sp³-hybridized carbons (Fsp3) is 0.286. The van der Waals surface area contributed by atoms with Gasteiger partial charge in [0.25, 0.3) is 5.91 Å². The van der Waals surface area contributed by atoms with Gasteiger partial charge < -0.3 is 15.5 Å². The van der Waals surface area contributed by atoms with Crippen molar-refractivity contribution in [3.63, 3.8) is 0 Å². The standard InChI is InChI=1S/C21H23N3O3/c1-14-5-10-18(15(2)12-14)23-19(25)13-22-21(27)16-6-8-17(9-7-16)24-11-3-4-20(24)26/h5-10,12H,3-4,11,13H2,1-2H3,(H,22,27)(H,23,25). The quantitative estimate of drug-likeness (QED) is 0.855. The van der Waals surface area contributed by atoms with Gasteiger partial charge in [0.1, 0.15) is 0 Å². The Hall–Kier alpha value is -3.15. The Bertz CT molecular complexity index is 875. The van der Waals surface area contributed by atoms with E-state index in [-0.39, 0.29) is 24.3 Å². The lowest BCUT2D eigenvalue weighted by atomic mass is 10.1. The van der Waals surface area contributed by atoms with Crippen molar-refractivity contribution in [2.24, 2.45) is 0 Å². The molecule has 6 heteroatoms. The summed E-state index contributed by atoms with van der Waals surface area (Å²) in [4.78, 5) is 37.8. The van der Waals surface area contributed by atoms with Crippen molar-refractivity contribution in [3.05, 3.63) is 59.2 Å². The van der Waals surface area contributed by atoms with Gasteiger partial charge in [-0.25, -0.2) is 0 Å². The first-order chi connectivity index (χ1) is 12.9. The van der Waals surface area contributed by atoms with Crippen LogP contribution in [0.25, 0.3) is 0 Å². The van der Waals surface area contributed by atoms with Crippen molar-refractivity contribution < 1.29 is 14.4 Å². The molecule has 0 radical (unpaired) electrons. The molecule has 1 heterocycles. The van der Waals surface area contributed by atoms with E-state index in [1.165, 1.54) is 0 Å². The van der Waals surface area contributed by atoms with Crippen LogP contribution in [-0.2, 0) is 9.59 Å². The van der Waals surface area contributed by atoms with Crippen LogP contribution in [0.15, 0.2) is 42.5 Å². The number of hydrogen-bond acceptors (Lipinski definition) is 3. The van der Waals surface area contributed by atoms with Crippen LogP contribution in [0.2, 0.25) is 0 Å². The molecule has 27 heavy (non-hydrogen) atoms. The number of rotatable bonds is 5. The molecule has 0 atom stereocenters. The monoisotopic (exact) mass is 365 g/mol. The topological polar surface area (TPSA) is 78.5 Å². The third-order valence-electron chi connectivity index (χ3n) is 4.58. The van der Waals surface area contributed by atoms with Crippen LogP contribution < -0.4 is 15.5 Å². The molecule has 2 aromatic rings. The van der Waals surface area contributed by atoms with Gasteiger partial charge >= 0.3 is 0 Å². The number of hydrogen-bond donors (Lipinski definition) is 2. The summed E-state index contributed by atoms with van der Waals surface area (Å²) < 4.78 is 0. The second kappa shape index (κ2) is 8.03. The van der Waals surface area contributed by atoms with Crippen molar-refractivity contribution >= 4 is 29.1 Å². The molecule has 0 bridgehead atoms. The predicted molar refractivity (Wildman–Crippen MR) is 105 cm³/mol. The minimum Gasteiger partial charge on any atom is -0.343 e. The first-order valence-corrected chi connectivity index (χ1v) is 9.00. The maximum absolute atomic E-state index is 12.2. The molecule has 1 aliphatic heterocycles. The first kappa shape index (κ1) is 18.6. The molecule has 140 valence electrons. The SMILES string of the molecule is Cc1ccc(NC(=O)CNC(=O)c2ccc(N3CCCC3=O)cc2)c(C)c1. The Morgan fingerprint density at radius 3 is 2.44 bits per heavy atom. The average molecular weight is 365 g/mol. The van der Waals surface area contributed by atoms with Gasteiger partial charge in [0.2, 0.25) is 11.8 Å². The van der Waals surface area contributed by atoms with Gasteiger partial charge in [-0.15, -0.1) is 0 Å². The Labute approximate surface area is 158 Å². The van der Waals surface area contributed by atoms with Crippen LogP contribution in [0.4, 0.5) is 11.4 Å². The Morgan fingerprint density at radius 2 is 1.81 bits per heavy atom. The number of anilines is 2. The average Bonchev–Trinajstić information content (AvgIpc) is 3.08. The lowest BCUT2D eigenvalue weighted by Gasteiger charge is -2.15. The molecular weight excluding hydrogens is 342 g/mol. The third kappa shape index (κ3) is 4.53. The molecular formula is C21H23N3O3. The summed E-state index contributed by atoms with van der Waals surface area (Å²) in [5.74, 6) is -0.505. The van der Waals surface area contributed by atoms with Crippen LogP contribution in [0, 0.1) is 13.8 Å². The van der Waals surface area contributed by atoms with Crippen LogP contribution >= 0.6 is 0 Å². The Morgan fingerprint density at radius 1 is 1.07 bits per heavy atom. The predicted octanol–water partition coefficient (Wildman–Crippen LogP) is 2.80. The lowest BCUT2D eigenvalue weighted by Crippen LogP contribution is -2.33. The summed E-state index contributed by atoms with van der Waals surface area (Å²) in [6.45, 7) is 4.51. The first-order valence-electron chi connectivity index (χ1n) is 9.00. The van der Waals surface area contributed by atoms with Gasteiger partial charge in [0.05, 0.1) is 6.54 Å². The van der Waals surface area contributed by atoms with Crippen molar-refractivity contribution in [2.45, 2.75) is 26.7 Å². The highest BCUT2D eigenvalue weighted by Crippen LogP contribution is 2.21. The normalized spacial score (nSPS) is 13.6. The van der Waals surface area contributed by atoms with E-state index in [1.807, 2.05) is 32.0 Å². The maximum atomic E-state index is 12.2.